The molecule has 1 N–H and O–H groups in total. The van der Waals surface area contributed by atoms with E-state index in [-0.39, 0.29) is 41.9 Å². The van der Waals surface area contributed by atoms with Gasteiger partial charge in [0.2, 0.25) is 0 Å². The Kier molecular flexibility index (Phi) is 5.12. The molecule has 0 bridgehead atoms. The summed E-state index contributed by atoms with van der Waals surface area (Å²) in [7, 11) is 0. The minimum atomic E-state index is -2.17. The van der Waals surface area contributed by atoms with Gasteiger partial charge in [-0.2, -0.15) is 0 Å². The second-order valence-electron chi connectivity index (χ2n) is 5.21. The highest BCUT2D eigenvalue weighted by atomic mass is 32.2. The van der Waals surface area contributed by atoms with Crippen LogP contribution in [0.2, 0.25) is 0 Å². The molecule has 1 aliphatic rings. The lowest BCUT2D eigenvalue weighted by Crippen LogP contribution is -2.31. The molecule has 0 aliphatic heterocycles. The van der Waals surface area contributed by atoms with Crippen LogP contribution in [0, 0.1) is 16.0 Å². The molecular weight excluding hydrogens is 326 g/mol. The van der Waals surface area contributed by atoms with Gasteiger partial charge in [-0.05, 0) is 18.1 Å². The van der Waals surface area contributed by atoms with Gasteiger partial charge in [0.15, 0.2) is 22.6 Å². The highest BCUT2D eigenvalue weighted by Crippen LogP contribution is 2.28. The quantitative estimate of drug-likeness (QED) is 0.282. The molecule has 0 radical (unpaired) electrons. The monoisotopic (exact) mass is 339 g/mol. The second-order valence-corrected chi connectivity index (χ2v) is 6.14. The highest BCUT2D eigenvalue weighted by molar-refractivity contribution is 7.78. The molecule has 1 aliphatic carbocycles. The van der Waals surface area contributed by atoms with E-state index in [9.17, 15) is 28.7 Å². The average Bonchev–Trinajstić information content (AvgIpc) is 2.45. The van der Waals surface area contributed by atoms with Crippen LogP contribution in [0.25, 0.3) is 0 Å². The Bertz CT molecular complexity index is 728. The van der Waals surface area contributed by atoms with Crippen molar-refractivity contribution in [2.24, 2.45) is 5.92 Å². The average molecular weight is 339 g/mol. The van der Waals surface area contributed by atoms with Crippen LogP contribution in [0.15, 0.2) is 18.2 Å². The molecule has 8 nitrogen and oxygen atoms in total. The number of rotatable bonds is 5. The first kappa shape index (κ1) is 17.1. The van der Waals surface area contributed by atoms with Gasteiger partial charge in [-0.3, -0.25) is 24.5 Å². The largest absolute Gasteiger partial charge is 0.306 e. The number of Topliss-reactive ketones (excluding diaryl/α,β-unsaturated/α-hetero) is 3. The van der Waals surface area contributed by atoms with E-state index in [1.165, 1.54) is 12.1 Å². The van der Waals surface area contributed by atoms with Crippen molar-refractivity contribution in [3.63, 3.8) is 0 Å². The minimum Gasteiger partial charge on any atom is -0.306 e. The van der Waals surface area contributed by atoms with Crippen LogP contribution in [-0.2, 0) is 26.4 Å². The van der Waals surface area contributed by atoms with E-state index in [1.54, 1.807) is 0 Å². The number of nitrogens with zero attached hydrogens (tertiary/aromatic N) is 1. The predicted molar refractivity (Wildman–Crippen MR) is 79.3 cm³/mol. The fourth-order valence-corrected chi connectivity index (χ4v) is 2.97. The molecule has 1 aromatic rings. The highest BCUT2D eigenvalue weighted by Gasteiger charge is 2.35. The molecule has 1 saturated carbocycles. The van der Waals surface area contributed by atoms with E-state index in [0.29, 0.717) is 0 Å². The predicted octanol–water partition coefficient (Wildman–Crippen LogP) is 1.44. The second kappa shape index (κ2) is 6.88. The Morgan fingerprint density at radius 2 is 2.09 bits per heavy atom. The number of ketones is 3. The van der Waals surface area contributed by atoms with Crippen molar-refractivity contribution in [3.8, 4) is 0 Å². The molecule has 2 unspecified atom stereocenters. The topological polar surface area (TPSA) is 132 Å². The first-order valence-corrected chi connectivity index (χ1v) is 8.00. The van der Waals surface area contributed by atoms with Crippen LogP contribution < -0.4 is 0 Å². The Hall–Kier alpha value is -2.26. The molecule has 1 aromatic carbocycles. The van der Waals surface area contributed by atoms with Gasteiger partial charge >= 0.3 is 0 Å². The third-order valence-electron chi connectivity index (χ3n) is 3.60. The molecule has 2 atom stereocenters. The van der Waals surface area contributed by atoms with E-state index in [2.05, 4.69) is 0 Å². The van der Waals surface area contributed by atoms with Crippen LogP contribution in [0.5, 0.6) is 0 Å². The summed E-state index contributed by atoms with van der Waals surface area (Å²) >= 11 is -2.17. The summed E-state index contributed by atoms with van der Waals surface area (Å²) < 4.78 is 19.6. The number of nitro benzene ring substituents is 1. The zero-order valence-electron chi connectivity index (χ0n) is 11.9. The van der Waals surface area contributed by atoms with Crippen molar-refractivity contribution in [1.82, 2.24) is 0 Å². The van der Waals surface area contributed by atoms with Gasteiger partial charge in [0, 0.05) is 12.5 Å². The zero-order chi connectivity index (χ0) is 17.1. The van der Waals surface area contributed by atoms with Crippen molar-refractivity contribution in [2.45, 2.75) is 25.0 Å². The zero-order valence-corrected chi connectivity index (χ0v) is 12.7. The van der Waals surface area contributed by atoms with Crippen molar-refractivity contribution in [2.75, 3.05) is 0 Å². The number of hydrogen-bond donors (Lipinski definition) is 1. The molecule has 0 saturated heterocycles. The molecule has 122 valence electrons. The Balaban J connectivity index is 2.36. The van der Waals surface area contributed by atoms with E-state index in [1.807, 2.05) is 0 Å². The lowest BCUT2D eigenvalue weighted by atomic mass is 9.82. The molecule has 0 spiro atoms. The molecular formula is C14H13NO7S. The van der Waals surface area contributed by atoms with Crippen LogP contribution in [0.3, 0.4) is 0 Å². The fraction of sp³-hybridized carbons (Fsp3) is 0.357. The maximum Gasteiger partial charge on any atom is 0.280 e. The van der Waals surface area contributed by atoms with Crippen LogP contribution in [-0.4, -0.2) is 31.0 Å². The van der Waals surface area contributed by atoms with E-state index in [0.717, 1.165) is 6.07 Å². The normalized spacial score (nSPS) is 19.4. The standard InChI is InChI=1S/C14H13NO7S/c16-9-2-4-11(13(17)6-9)14(18)10-3-1-8(7-23(21)22)5-12(10)15(19)20/h1,3,5,11H,2,4,6-7H2,(H,21,22). The van der Waals surface area contributed by atoms with Gasteiger partial charge in [0.25, 0.3) is 5.69 Å². The molecule has 1 fully saturated rings. The lowest BCUT2D eigenvalue weighted by molar-refractivity contribution is -0.385. The van der Waals surface area contributed by atoms with Crippen molar-refractivity contribution >= 4 is 34.1 Å². The maximum absolute atomic E-state index is 12.4. The van der Waals surface area contributed by atoms with Crippen LogP contribution >= 0.6 is 0 Å². The summed E-state index contributed by atoms with van der Waals surface area (Å²) in [6.07, 6.45) is -0.181. The van der Waals surface area contributed by atoms with E-state index in [4.69, 9.17) is 4.55 Å². The minimum absolute atomic E-state index is 0.0516. The van der Waals surface area contributed by atoms with Crippen LogP contribution in [0.4, 0.5) is 5.69 Å². The lowest BCUT2D eigenvalue weighted by Gasteiger charge is -2.18. The maximum atomic E-state index is 12.4. The number of hydrogen-bond acceptors (Lipinski definition) is 6. The van der Waals surface area contributed by atoms with Gasteiger partial charge in [-0.15, -0.1) is 0 Å². The Labute approximate surface area is 133 Å². The number of nitro groups is 1. The smallest absolute Gasteiger partial charge is 0.280 e. The molecule has 0 amide bonds. The molecule has 23 heavy (non-hydrogen) atoms. The first-order valence-electron chi connectivity index (χ1n) is 6.73. The van der Waals surface area contributed by atoms with E-state index >= 15 is 0 Å². The SMILES string of the molecule is O=C1CCC(C(=O)c2ccc(CS(=O)O)cc2[N+](=O)[O-])C(=O)C1. The fourth-order valence-electron chi connectivity index (χ4n) is 2.51. The summed E-state index contributed by atoms with van der Waals surface area (Å²) in [6, 6.07) is 3.58. The summed E-state index contributed by atoms with van der Waals surface area (Å²) in [6.45, 7) is 0. The molecule has 2 rings (SSSR count). The first-order chi connectivity index (χ1) is 10.8. The van der Waals surface area contributed by atoms with Gasteiger partial charge < -0.3 is 4.55 Å². The third kappa shape index (κ3) is 3.93. The van der Waals surface area contributed by atoms with Crippen molar-refractivity contribution < 1.29 is 28.1 Å². The van der Waals surface area contributed by atoms with Crippen LogP contribution in [0.1, 0.15) is 35.2 Å². The summed E-state index contributed by atoms with van der Waals surface area (Å²) in [4.78, 5) is 45.9. The van der Waals surface area contributed by atoms with E-state index < -0.39 is 39.2 Å². The number of carbonyl (C=O) groups is 3. The summed E-state index contributed by atoms with van der Waals surface area (Å²) in [5.41, 5.74) is -0.503. The summed E-state index contributed by atoms with van der Waals surface area (Å²) in [5, 5.41) is 11.2. The van der Waals surface area contributed by atoms with Gasteiger partial charge in [-0.25, -0.2) is 4.21 Å². The molecule has 0 aromatic heterocycles. The Morgan fingerprint density at radius 3 is 2.65 bits per heavy atom. The van der Waals surface area contributed by atoms with Crippen molar-refractivity contribution in [1.29, 1.82) is 0 Å². The number of carbonyl (C=O) groups excluding carboxylic acids is 3. The van der Waals surface area contributed by atoms with Gasteiger partial charge in [-0.1, -0.05) is 6.07 Å². The molecule has 9 heteroatoms. The molecule has 0 heterocycles. The van der Waals surface area contributed by atoms with Crippen molar-refractivity contribution in [3.05, 3.63) is 39.4 Å². The summed E-state index contributed by atoms with van der Waals surface area (Å²) in [5.74, 6) is -2.81. The Morgan fingerprint density at radius 1 is 1.39 bits per heavy atom. The van der Waals surface area contributed by atoms with Gasteiger partial charge in [0.1, 0.15) is 5.78 Å². The third-order valence-corrected chi connectivity index (χ3v) is 4.18. The number of benzene rings is 1. The van der Waals surface area contributed by atoms with Gasteiger partial charge in [0.05, 0.1) is 28.6 Å².